The van der Waals surface area contributed by atoms with Crippen molar-refractivity contribution in [3.05, 3.63) is 22.7 Å². The van der Waals surface area contributed by atoms with Crippen LogP contribution in [-0.2, 0) is 11.3 Å². The van der Waals surface area contributed by atoms with Crippen molar-refractivity contribution in [2.45, 2.75) is 6.54 Å². The smallest absolute Gasteiger partial charge is 0.201 e. The Labute approximate surface area is 120 Å². The molecule has 0 unspecified atom stereocenters. The highest BCUT2D eigenvalue weighted by molar-refractivity contribution is 9.10. The second kappa shape index (κ2) is 5.48. The van der Waals surface area contributed by atoms with Crippen LogP contribution in [0, 0.1) is 0 Å². The van der Waals surface area contributed by atoms with Crippen LogP contribution in [0.3, 0.4) is 0 Å². The Balaban J connectivity index is 1.79. The summed E-state index contributed by atoms with van der Waals surface area (Å²) in [5.41, 5.74) is 8.04. The first-order valence-corrected chi connectivity index (χ1v) is 7.25. The van der Waals surface area contributed by atoms with E-state index in [-0.39, 0.29) is 0 Å². The van der Waals surface area contributed by atoms with Gasteiger partial charge in [-0.3, -0.25) is 4.90 Å². The summed E-state index contributed by atoms with van der Waals surface area (Å²) in [6.45, 7) is 5.48. The van der Waals surface area contributed by atoms with Gasteiger partial charge in [0.15, 0.2) is 0 Å². The van der Waals surface area contributed by atoms with E-state index in [0.717, 1.165) is 54.9 Å². The lowest BCUT2D eigenvalue weighted by Gasteiger charge is -2.26. The molecule has 0 atom stereocenters. The zero-order chi connectivity index (χ0) is 13.2. The minimum Gasteiger partial charge on any atom is -0.379 e. The quantitative estimate of drug-likeness (QED) is 0.933. The van der Waals surface area contributed by atoms with Crippen molar-refractivity contribution in [3.8, 4) is 0 Å². The first-order chi connectivity index (χ1) is 9.24. The van der Waals surface area contributed by atoms with Gasteiger partial charge in [-0.15, -0.1) is 0 Å². The second-order valence-corrected chi connectivity index (χ2v) is 5.62. The van der Waals surface area contributed by atoms with Gasteiger partial charge in [0.2, 0.25) is 5.95 Å². The minimum atomic E-state index is 0.585. The molecule has 1 fully saturated rings. The summed E-state index contributed by atoms with van der Waals surface area (Å²) >= 11 is 3.49. The third-order valence-electron chi connectivity index (χ3n) is 3.48. The summed E-state index contributed by atoms with van der Waals surface area (Å²) in [7, 11) is 0. The molecular weight excluding hydrogens is 308 g/mol. The fraction of sp³-hybridized carbons (Fsp3) is 0.462. The van der Waals surface area contributed by atoms with Crippen LogP contribution in [0.2, 0.25) is 0 Å². The van der Waals surface area contributed by atoms with Gasteiger partial charge in [-0.1, -0.05) is 15.9 Å². The summed E-state index contributed by atoms with van der Waals surface area (Å²) in [5, 5.41) is 0. The fourth-order valence-electron chi connectivity index (χ4n) is 2.42. The van der Waals surface area contributed by atoms with Crippen molar-refractivity contribution < 1.29 is 4.74 Å². The Bertz CT molecular complexity index is 577. The summed E-state index contributed by atoms with van der Waals surface area (Å²) in [5.74, 6) is 0.585. The number of anilines is 1. The van der Waals surface area contributed by atoms with Crippen molar-refractivity contribution in [1.82, 2.24) is 14.5 Å². The molecule has 1 aliphatic heterocycles. The van der Waals surface area contributed by atoms with Crippen LogP contribution in [-0.4, -0.2) is 47.3 Å². The van der Waals surface area contributed by atoms with Gasteiger partial charge in [0, 0.05) is 30.7 Å². The van der Waals surface area contributed by atoms with Gasteiger partial charge in [-0.25, -0.2) is 4.98 Å². The number of halogens is 1. The molecule has 0 spiro atoms. The molecule has 0 bridgehead atoms. The van der Waals surface area contributed by atoms with Crippen molar-refractivity contribution in [2.24, 2.45) is 0 Å². The van der Waals surface area contributed by atoms with Crippen LogP contribution in [0.4, 0.5) is 5.95 Å². The number of nitrogens with zero attached hydrogens (tertiary/aromatic N) is 3. The maximum atomic E-state index is 6.01. The molecule has 19 heavy (non-hydrogen) atoms. The number of hydrogen-bond donors (Lipinski definition) is 1. The molecule has 5 nitrogen and oxygen atoms in total. The van der Waals surface area contributed by atoms with Crippen molar-refractivity contribution >= 4 is 32.9 Å². The minimum absolute atomic E-state index is 0.585. The van der Waals surface area contributed by atoms with E-state index in [1.54, 1.807) is 0 Å². The highest BCUT2D eigenvalue weighted by atomic mass is 79.9. The van der Waals surface area contributed by atoms with Gasteiger partial charge in [-0.05, 0) is 18.2 Å². The van der Waals surface area contributed by atoms with Gasteiger partial charge < -0.3 is 15.0 Å². The van der Waals surface area contributed by atoms with Crippen LogP contribution >= 0.6 is 15.9 Å². The SMILES string of the molecule is Nc1nc2ccc(Br)cc2n1CCN1CCOCC1. The Morgan fingerprint density at radius 2 is 2.05 bits per heavy atom. The number of nitrogen functional groups attached to an aromatic ring is 1. The largest absolute Gasteiger partial charge is 0.379 e. The Morgan fingerprint density at radius 3 is 2.84 bits per heavy atom. The molecule has 0 amide bonds. The zero-order valence-corrected chi connectivity index (χ0v) is 12.3. The monoisotopic (exact) mass is 324 g/mol. The first kappa shape index (κ1) is 12.9. The van der Waals surface area contributed by atoms with Crippen LogP contribution in [0.15, 0.2) is 22.7 Å². The highest BCUT2D eigenvalue weighted by Gasteiger charge is 2.13. The molecule has 2 N–H and O–H groups in total. The molecule has 1 saturated heterocycles. The lowest BCUT2D eigenvalue weighted by Crippen LogP contribution is -2.38. The maximum Gasteiger partial charge on any atom is 0.201 e. The molecule has 6 heteroatoms. The molecule has 1 aromatic carbocycles. The number of fused-ring (bicyclic) bond motifs is 1. The van der Waals surface area contributed by atoms with E-state index in [1.165, 1.54) is 0 Å². The van der Waals surface area contributed by atoms with E-state index < -0.39 is 0 Å². The average molecular weight is 325 g/mol. The highest BCUT2D eigenvalue weighted by Crippen LogP contribution is 2.22. The molecule has 1 aliphatic rings. The number of hydrogen-bond acceptors (Lipinski definition) is 4. The predicted octanol–water partition coefficient (Wildman–Crippen LogP) is 1.71. The predicted molar refractivity (Wildman–Crippen MR) is 79.1 cm³/mol. The van der Waals surface area contributed by atoms with E-state index >= 15 is 0 Å². The number of aromatic nitrogens is 2. The number of imidazole rings is 1. The molecular formula is C13H17BrN4O. The normalized spacial score (nSPS) is 17.1. The molecule has 3 rings (SSSR count). The summed E-state index contributed by atoms with van der Waals surface area (Å²) in [6, 6.07) is 6.04. The molecule has 0 radical (unpaired) electrons. The first-order valence-electron chi connectivity index (χ1n) is 6.45. The van der Waals surface area contributed by atoms with Gasteiger partial charge >= 0.3 is 0 Å². The van der Waals surface area contributed by atoms with Crippen LogP contribution in [0.5, 0.6) is 0 Å². The third kappa shape index (κ3) is 2.75. The molecule has 2 heterocycles. The van der Waals surface area contributed by atoms with Crippen molar-refractivity contribution in [1.29, 1.82) is 0 Å². The molecule has 102 valence electrons. The van der Waals surface area contributed by atoms with Gasteiger partial charge in [0.05, 0.1) is 24.2 Å². The zero-order valence-electron chi connectivity index (χ0n) is 10.7. The molecule has 1 aromatic heterocycles. The Kier molecular flexibility index (Phi) is 3.72. The number of ether oxygens (including phenoxy) is 1. The van der Waals surface area contributed by atoms with E-state index in [2.05, 4.69) is 36.4 Å². The van der Waals surface area contributed by atoms with E-state index in [0.29, 0.717) is 5.95 Å². The van der Waals surface area contributed by atoms with Crippen LogP contribution in [0.1, 0.15) is 0 Å². The van der Waals surface area contributed by atoms with E-state index in [1.807, 2.05) is 12.1 Å². The number of morpholine rings is 1. The Morgan fingerprint density at radius 1 is 1.26 bits per heavy atom. The number of rotatable bonds is 3. The Hall–Kier alpha value is -1.11. The standard InChI is InChI=1S/C13H17BrN4O/c14-10-1-2-11-12(9-10)18(13(15)16-11)4-3-17-5-7-19-8-6-17/h1-2,9H,3-8H2,(H2,15,16). The number of benzene rings is 1. The average Bonchev–Trinajstić information content (AvgIpc) is 2.73. The second-order valence-electron chi connectivity index (χ2n) is 4.71. The van der Waals surface area contributed by atoms with E-state index in [9.17, 15) is 0 Å². The lowest BCUT2D eigenvalue weighted by atomic mass is 10.3. The van der Waals surface area contributed by atoms with Gasteiger partial charge in [-0.2, -0.15) is 0 Å². The summed E-state index contributed by atoms with van der Waals surface area (Å²) in [6.07, 6.45) is 0. The van der Waals surface area contributed by atoms with Crippen LogP contribution in [0.25, 0.3) is 11.0 Å². The van der Waals surface area contributed by atoms with Crippen molar-refractivity contribution in [2.75, 3.05) is 38.6 Å². The summed E-state index contributed by atoms with van der Waals surface area (Å²) in [4.78, 5) is 6.79. The molecule has 2 aromatic rings. The summed E-state index contributed by atoms with van der Waals surface area (Å²) < 4.78 is 8.48. The maximum absolute atomic E-state index is 6.01. The topological polar surface area (TPSA) is 56.3 Å². The molecule has 0 aliphatic carbocycles. The van der Waals surface area contributed by atoms with Crippen molar-refractivity contribution in [3.63, 3.8) is 0 Å². The third-order valence-corrected chi connectivity index (χ3v) is 3.98. The molecule has 0 saturated carbocycles. The van der Waals surface area contributed by atoms with Crippen LogP contribution < -0.4 is 5.73 Å². The van der Waals surface area contributed by atoms with Gasteiger partial charge in [0.25, 0.3) is 0 Å². The fourth-order valence-corrected chi connectivity index (χ4v) is 2.76. The van der Waals surface area contributed by atoms with Gasteiger partial charge in [0.1, 0.15) is 0 Å². The van der Waals surface area contributed by atoms with E-state index in [4.69, 9.17) is 10.5 Å². The number of nitrogens with two attached hydrogens (primary N) is 1. The lowest BCUT2D eigenvalue weighted by molar-refractivity contribution is 0.0366.